The SMILES string of the molecule is CC(CCO)NS(=O)(=O)c1ccc(C(N)=O)cc1. The minimum Gasteiger partial charge on any atom is -0.396 e. The van der Waals surface area contributed by atoms with Gasteiger partial charge in [0.2, 0.25) is 15.9 Å². The molecule has 0 fully saturated rings. The lowest BCUT2D eigenvalue weighted by Gasteiger charge is -2.13. The number of carbonyl (C=O) groups excluding carboxylic acids is 1. The highest BCUT2D eigenvalue weighted by atomic mass is 32.2. The van der Waals surface area contributed by atoms with Crippen LogP contribution in [0.3, 0.4) is 0 Å². The van der Waals surface area contributed by atoms with Gasteiger partial charge in [0.25, 0.3) is 0 Å². The second-order valence-corrected chi connectivity index (χ2v) is 5.64. The summed E-state index contributed by atoms with van der Waals surface area (Å²) in [6.45, 7) is 1.57. The van der Waals surface area contributed by atoms with Gasteiger partial charge in [-0.15, -0.1) is 0 Å². The highest BCUT2D eigenvalue weighted by Crippen LogP contribution is 2.11. The molecule has 100 valence electrons. The summed E-state index contributed by atoms with van der Waals surface area (Å²) in [6.07, 6.45) is 0.332. The van der Waals surface area contributed by atoms with E-state index in [4.69, 9.17) is 10.8 Å². The monoisotopic (exact) mass is 272 g/mol. The first kappa shape index (κ1) is 14.6. The zero-order chi connectivity index (χ0) is 13.8. The normalized spacial score (nSPS) is 13.2. The van der Waals surface area contributed by atoms with Crippen LogP contribution < -0.4 is 10.5 Å². The molecule has 0 spiro atoms. The molecular formula is C11H16N2O4S. The maximum absolute atomic E-state index is 11.9. The van der Waals surface area contributed by atoms with Crippen molar-refractivity contribution < 1.29 is 18.3 Å². The summed E-state index contributed by atoms with van der Waals surface area (Å²) in [5.74, 6) is -0.611. The smallest absolute Gasteiger partial charge is 0.248 e. The molecule has 4 N–H and O–H groups in total. The van der Waals surface area contributed by atoms with Gasteiger partial charge in [0.15, 0.2) is 0 Å². The number of carbonyl (C=O) groups is 1. The number of nitrogens with two attached hydrogens (primary N) is 1. The topological polar surface area (TPSA) is 109 Å². The Morgan fingerprint density at radius 2 is 1.94 bits per heavy atom. The summed E-state index contributed by atoms with van der Waals surface area (Å²) < 4.78 is 26.2. The molecule has 6 nitrogen and oxygen atoms in total. The molecule has 0 saturated heterocycles. The van der Waals surface area contributed by atoms with Crippen LogP contribution in [0.5, 0.6) is 0 Å². The Balaban J connectivity index is 2.88. The minimum absolute atomic E-state index is 0.0530. The molecule has 1 aromatic rings. The maximum Gasteiger partial charge on any atom is 0.248 e. The molecule has 0 aliphatic carbocycles. The van der Waals surface area contributed by atoms with Crippen LogP contribution in [-0.2, 0) is 10.0 Å². The molecule has 0 aliphatic heterocycles. The fourth-order valence-electron chi connectivity index (χ4n) is 1.38. The highest BCUT2D eigenvalue weighted by Gasteiger charge is 2.17. The molecule has 1 aromatic carbocycles. The molecule has 0 bridgehead atoms. The van der Waals surface area contributed by atoms with Crippen LogP contribution in [0.2, 0.25) is 0 Å². The number of hydrogen-bond donors (Lipinski definition) is 3. The van der Waals surface area contributed by atoms with E-state index in [-0.39, 0.29) is 23.1 Å². The molecule has 1 rings (SSSR count). The Bertz CT molecular complexity index is 510. The third-order valence-electron chi connectivity index (χ3n) is 2.37. The second kappa shape index (κ2) is 5.94. The van der Waals surface area contributed by atoms with Gasteiger partial charge in [-0.25, -0.2) is 13.1 Å². The summed E-state index contributed by atoms with van der Waals surface area (Å²) in [5.41, 5.74) is 5.31. The lowest BCUT2D eigenvalue weighted by atomic mass is 10.2. The largest absolute Gasteiger partial charge is 0.396 e. The number of rotatable bonds is 6. The van der Waals surface area contributed by atoms with E-state index in [1.807, 2.05) is 0 Å². The van der Waals surface area contributed by atoms with Crippen molar-refractivity contribution in [2.45, 2.75) is 24.3 Å². The fraction of sp³-hybridized carbons (Fsp3) is 0.364. The second-order valence-electron chi connectivity index (χ2n) is 3.92. The Morgan fingerprint density at radius 3 is 2.39 bits per heavy atom. The number of sulfonamides is 1. The predicted molar refractivity (Wildman–Crippen MR) is 66.4 cm³/mol. The van der Waals surface area contributed by atoms with Gasteiger partial charge in [-0.05, 0) is 37.6 Å². The van der Waals surface area contributed by atoms with E-state index in [9.17, 15) is 13.2 Å². The molecule has 7 heteroatoms. The Labute approximate surface area is 106 Å². The van der Waals surface area contributed by atoms with Gasteiger partial charge in [-0.3, -0.25) is 4.79 Å². The number of nitrogens with one attached hydrogen (secondary N) is 1. The van der Waals surface area contributed by atoms with Crippen LogP contribution in [0.15, 0.2) is 29.2 Å². The van der Waals surface area contributed by atoms with Crippen molar-refractivity contribution in [2.75, 3.05) is 6.61 Å². The third-order valence-corrected chi connectivity index (χ3v) is 3.97. The van der Waals surface area contributed by atoms with Gasteiger partial charge < -0.3 is 10.8 Å². The van der Waals surface area contributed by atoms with Crippen LogP contribution in [0, 0.1) is 0 Å². The highest BCUT2D eigenvalue weighted by molar-refractivity contribution is 7.89. The lowest BCUT2D eigenvalue weighted by molar-refractivity contribution is 0.1000. The molecule has 18 heavy (non-hydrogen) atoms. The van der Waals surface area contributed by atoms with E-state index < -0.39 is 15.9 Å². The van der Waals surface area contributed by atoms with Crippen molar-refractivity contribution in [3.8, 4) is 0 Å². The van der Waals surface area contributed by atoms with Crippen molar-refractivity contribution in [1.82, 2.24) is 4.72 Å². The summed E-state index contributed by atoms with van der Waals surface area (Å²) in [7, 11) is -3.64. The van der Waals surface area contributed by atoms with Gasteiger partial charge in [-0.2, -0.15) is 0 Å². The third kappa shape index (κ3) is 3.80. The van der Waals surface area contributed by atoms with Gasteiger partial charge in [0, 0.05) is 18.2 Å². The predicted octanol–water partition coefficient (Wildman–Crippen LogP) is -0.165. The Kier molecular flexibility index (Phi) is 4.83. The van der Waals surface area contributed by atoms with E-state index in [0.717, 1.165) is 0 Å². The van der Waals surface area contributed by atoms with Crippen LogP contribution in [0.25, 0.3) is 0 Å². The molecular weight excluding hydrogens is 256 g/mol. The Hall–Kier alpha value is -1.44. The molecule has 0 aromatic heterocycles. The van der Waals surface area contributed by atoms with Crippen molar-refractivity contribution in [1.29, 1.82) is 0 Å². The molecule has 1 atom stereocenters. The number of benzene rings is 1. The first-order valence-electron chi connectivity index (χ1n) is 5.40. The van der Waals surface area contributed by atoms with Crippen molar-refractivity contribution in [2.24, 2.45) is 5.73 Å². The molecule has 0 saturated carbocycles. The van der Waals surface area contributed by atoms with Crippen LogP contribution >= 0.6 is 0 Å². The number of aliphatic hydroxyl groups is 1. The van der Waals surface area contributed by atoms with E-state index in [2.05, 4.69) is 4.72 Å². The van der Waals surface area contributed by atoms with Crippen molar-refractivity contribution in [3.63, 3.8) is 0 Å². The van der Waals surface area contributed by atoms with E-state index in [1.54, 1.807) is 6.92 Å². The average molecular weight is 272 g/mol. The number of amides is 1. The average Bonchev–Trinajstić information content (AvgIpc) is 2.28. The number of hydrogen-bond acceptors (Lipinski definition) is 4. The summed E-state index contributed by atoms with van der Waals surface area (Å²) >= 11 is 0. The number of primary amides is 1. The molecule has 0 radical (unpaired) electrons. The van der Waals surface area contributed by atoms with Gasteiger partial charge in [0.05, 0.1) is 4.90 Å². The maximum atomic E-state index is 11.9. The molecule has 0 heterocycles. The standard InChI is InChI=1S/C11H16N2O4S/c1-8(6-7-14)13-18(16,17)10-4-2-9(3-5-10)11(12)15/h2-5,8,13-14H,6-7H2,1H3,(H2,12,15). The molecule has 0 aliphatic rings. The van der Waals surface area contributed by atoms with E-state index in [0.29, 0.717) is 6.42 Å². The van der Waals surface area contributed by atoms with Gasteiger partial charge >= 0.3 is 0 Å². The van der Waals surface area contributed by atoms with Crippen LogP contribution in [0.4, 0.5) is 0 Å². The lowest BCUT2D eigenvalue weighted by Crippen LogP contribution is -2.33. The first-order chi connectivity index (χ1) is 8.36. The van der Waals surface area contributed by atoms with Gasteiger partial charge in [0.1, 0.15) is 0 Å². The number of aliphatic hydroxyl groups excluding tert-OH is 1. The Morgan fingerprint density at radius 1 is 1.39 bits per heavy atom. The first-order valence-corrected chi connectivity index (χ1v) is 6.88. The van der Waals surface area contributed by atoms with E-state index in [1.165, 1.54) is 24.3 Å². The fourth-order valence-corrected chi connectivity index (χ4v) is 2.66. The molecule has 1 amide bonds. The van der Waals surface area contributed by atoms with Gasteiger partial charge in [-0.1, -0.05) is 0 Å². The van der Waals surface area contributed by atoms with Crippen LogP contribution in [-0.4, -0.2) is 32.1 Å². The zero-order valence-corrected chi connectivity index (χ0v) is 10.8. The minimum atomic E-state index is -3.64. The summed E-state index contributed by atoms with van der Waals surface area (Å²) in [6, 6.07) is 4.97. The van der Waals surface area contributed by atoms with Crippen molar-refractivity contribution >= 4 is 15.9 Å². The van der Waals surface area contributed by atoms with Crippen molar-refractivity contribution in [3.05, 3.63) is 29.8 Å². The van der Waals surface area contributed by atoms with Crippen LogP contribution in [0.1, 0.15) is 23.7 Å². The van der Waals surface area contributed by atoms with E-state index >= 15 is 0 Å². The summed E-state index contributed by atoms with van der Waals surface area (Å²) in [5, 5.41) is 8.72. The zero-order valence-electron chi connectivity index (χ0n) is 9.96. The quantitative estimate of drug-likeness (QED) is 0.668. The summed E-state index contributed by atoms with van der Waals surface area (Å²) in [4.78, 5) is 10.9. The molecule has 1 unspecified atom stereocenters.